The molecule has 0 radical (unpaired) electrons. The molecule has 3 aromatic carbocycles. The standard InChI is InChI=1S/C26H20F3NO2.3ClH.Zr/c1-30(23-16-19(12-14-24(23)31)18-8-4-3-5-9-18)17-20-13-15-25(32(20)2)21-10-6-7-11-22(21)26(27,28)29;;;;/h3-17,31H,1-2H2;3*1H;/q;;;;+3/p-3. The minimum absolute atomic E-state index is 0.00387. The third kappa shape index (κ3) is 7.20. The SMILES string of the molecule is C=[N+](C=C1C=C[C-](c2ccccc2C(F)(F)F)[O+]1[CH2-])c1cc(-c2ccccc2)ccc1O.[Cl][Zr]([Cl])[Cl]. The second kappa shape index (κ2) is 12.4. The molecule has 3 aromatic rings. The summed E-state index contributed by atoms with van der Waals surface area (Å²) in [6.07, 6.45) is 0.479. The van der Waals surface area contributed by atoms with Crippen molar-refractivity contribution in [3.63, 3.8) is 0 Å². The first kappa shape index (κ1) is 28.4. The summed E-state index contributed by atoms with van der Waals surface area (Å²) < 4.78 is 44.1. The molecule has 1 aliphatic rings. The van der Waals surface area contributed by atoms with Crippen LogP contribution in [0.15, 0.2) is 96.9 Å². The van der Waals surface area contributed by atoms with Crippen LogP contribution >= 0.6 is 25.5 Å². The van der Waals surface area contributed by atoms with Crippen molar-refractivity contribution in [2.45, 2.75) is 6.18 Å². The van der Waals surface area contributed by atoms with Gasteiger partial charge < -0.3 is 9.47 Å². The van der Waals surface area contributed by atoms with Gasteiger partial charge in [-0.3, -0.25) is 0 Å². The summed E-state index contributed by atoms with van der Waals surface area (Å²) in [7, 11) is 18.8. The average Bonchev–Trinajstić information content (AvgIpc) is 3.18. The predicted molar refractivity (Wildman–Crippen MR) is 136 cm³/mol. The van der Waals surface area contributed by atoms with E-state index in [0.29, 0.717) is 11.4 Å². The summed E-state index contributed by atoms with van der Waals surface area (Å²) in [5.41, 5.74) is 1.55. The molecule has 1 N–H and O–H groups in total. The molecule has 1 heterocycles. The van der Waals surface area contributed by atoms with Crippen molar-refractivity contribution in [2.75, 3.05) is 0 Å². The van der Waals surface area contributed by atoms with Gasteiger partial charge in [0, 0.05) is 6.07 Å². The van der Waals surface area contributed by atoms with Crippen LogP contribution < -0.4 is 0 Å². The van der Waals surface area contributed by atoms with Crippen LogP contribution in [0, 0.1) is 13.2 Å². The van der Waals surface area contributed by atoms with E-state index in [1.54, 1.807) is 42.6 Å². The Labute approximate surface area is 226 Å². The number of phenols is 1. The summed E-state index contributed by atoms with van der Waals surface area (Å²) in [5.74, 6) is 0.460. The van der Waals surface area contributed by atoms with E-state index in [4.69, 9.17) is 25.5 Å². The van der Waals surface area contributed by atoms with E-state index in [2.05, 4.69) is 18.2 Å². The van der Waals surface area contributed by atoms with E-state index < -0.39 is 29.9 Å². The summed E-state index contributed by atoms with van der Waals surface area (Å²) in [5, 5.41) is 10.4. The van der Waals surface area contributed by atoms with Gasteiger partial charge in [0.1, 0.15) is 6.72 Å². The van der Waals surface area contributed by atoms with Gasteiger partial charge in [-0.25, -0.2) is 0 Å². The molecule has 3 nitrogen and oxygen atoms in total. The molecule has 0 atom stereocenters. The van der Waals surface area contributed by atoms with Gasteiger partial charge in [-0.1, -0.05) is 48.5 Å². The van der Waals surface area contributed by atoms with Gasteiger partial charge in [0.2, 0.25) is 5.76 Å². The van der Waals surface area contributed by atoms with Crippen molar-refractivity contribution in [3.05, 3.63) is 121 Å². The van der Waals surface area contributed by atoms with Crippen molar-refractivity contribution in [3.8, 4) is 16.9 Å². The number of phenolic OH excluding ortho intramolecular Hbond substituents is 1. The Morgan fingerprint density at radius 1 is 0.972 bits per heavy atom. The van der Waals surface area contributed by atoms with Gasteiger partial charge in [0.25, 0.3) is 11.9 Å². The van der Waals surface area contributed by atoms with E-state index in [9.17, 15) is 18.3 Å². The van der Waals surface area contributed by atoms with Gasteiger partial charge >= 0.3 is 49.9 Å². The second-order valence-electron chi connectivity index (χ2n) is 7.42. The Balaban J connectivity index is 0.000000840. The fourth-order valence-corrected chi connectivity index (χ4v) is 3.51. The molecular formula is C26H20Cl3F3NO2Zr. The average molecular weight is 633 g/mol. The fourth-order valence-electron chi connectivity index (χ4n) is 3.51. The third-order valence-electron chi connectivity index (χ3n) is 5.12. The Morgan fingerprint density at radius 2 is 1.58 bits per heavy atom. The topological polar surface area (TPSA) is 25.9 Å². The van der Waals surface area contributed by atoms with Crippen LogP contribution in [0.4, 0.5) is 18.9 Å². The Bertz CT molecular complexity index is 1280. The van der Waals surface area contributed by atoms with Gasteiger partial charge in [0.15, 0.2) is 11.9 Å². The number of halogens is 6. The van der Waals surface area contributed by atoms with Crippen molar-refractivity contribution in [2.24, 2.45) is 0 Å². The van der Waals surface area contributed by atoms with Gasteiger partial charge in [-0.2, -0.15) is 17.7 Å². The molecule has 0 bridgehead atoms. The zero-order valence-electron chi connectivity index (χ0n) is 18.6. The maximum atomic E-state index is 13.4. The van der Waals surface area contributed by atoms with Crippen LogP contribution in [0.3, 0.4) is 0 Å². The Hall–Kier alpha value is -2.18. The summed E-state index contributed by atoms with van der Waals surface area (Å²) >= 11 is -2.13. The number of allylic oxidation sites excluding steroid dienone is 1. The van der Waals surface area contributed by atoms with Gasteiger partial charge in [-0.15, -0.1) is 12.1 Å². The maximum absolute atomic E-state index is 13.4. The summed E-state index contributed by atoms with van der Waals surface area (Å²) in [4.78, 5) is 0. The van der Waals surface area contributed by atoms with Crippen molar-refractivity contribution in [1.82, 2.24) is 0 Å². The van der Waals surface area contributed by atoms with Gasteiger partial charge in [-0.05, 0) is 47.6 Å². The predicted octanol–water partition coefficient (Wildman–Crippen LogP) is 8.82. The number of nitrogens with zero attached hydrogens (tertiary/aromatic N) is 1. The van der Waals surface area contributed by atoms with Crippen LogP contribution in [-0.2, 0) is 28.7 Å². The van der Waals surface area contributed by atoms with E-state index in [-0.39, 0.29) is 17.4 Å². The second-order valence-corrected chi connectivity index (χ2v) is 18.6. The number of alkyl halides is 3. The molecule has 4 rings (SSSR count). The molecule has 10 heteroatoms. The first-order chi connectivity index (χ1) is 17.0. The molecule has 0 saturated carbocycles. The quantitative estimate of drug-likeness (QED) is 0.132. The van der Waals surface area contributed by atoms with E-state index in [0.717, 1.165) is 17.2 Å². The van der Waals surface area contributed by atoms with E-state index >= 15 is 0 Å². The van der Waals surface area contributed by atoms with Crippen LogP contribution in [-0.4, -0.2) is 16.4 Å². The Morgan fingerprint density at radius 3 is 2.22 bits per heavy atom. The number of hydrogen-bond donors (Lipinski definition) is 1. The van der Waals surface area contributed by atoms with Crippen LogP contribution in [0.2, 0.25) is 0 Å². The zero-order chi connectivity index (χ0) is 26.5. The molecule has 0 saturated heterocycles. The normalized spacial score (nSPS) is 14.0. The molecule has 0 spiro atoms. The summed E-state index contributed by atoms with van der Waals surface area (Å²) in [6.45, 7) is 3.96. The van der Waals surface area contributed by atoms with E-state index in [1.165, 1.54) is 16.7 Å². The van der Waals surface area contributed by atoms with Crippen LogP contribution in [0.25, 0.3) is 11.1 Å². The molecule has 0 unspecified atom stereocenters. The number of aromatic hydroxyl groups is 1. The van der Waals surface area contributed by atoms with Gasteiger partial charge in [0.05, 0.1) is 0 Å². The third-order valence-corrected chi connectivity index (χ3v) is 5.12. The summed E-state index contributed by atoms with van der Waals surface area (Å²) in [6, 6.07) is 20.1. The molecule has 1 aliphatic heterocycles. The zero-order valence-corrected chi connectivity index (χ0v) is 23.4. The first-order valence-electron chi connectivity index (χ1n) is 10.3. The van der Waals surface area contributed by atoms with Crippen molar-refractivity contribution >= 4 is 37.9 Å². The molecule has 0 fully saturated rings. The number of rotatable bonds is 4. The van der Waals surface area contributed by atoms with Crippen LogP contribution in [0.5, 0.6) is 5.75 Å². The first-order valence-corrected chi connectivity index (χ1v) is 19.8. The van der Waals surface area contributed by atoms with Crippen molar-refractivity contribution < 1.29 is 45.4 Å². The minimum atomic E-state index is -4.49. The molecule has 0 amide bonds. The number of benzene rings is 3. The molecule has 36 heavy (non-hydrogen) atoms. The Kier molecular flexibility index (Phi) is 9.76. The molecule has 187 valence electrons. The van der Waals surface area contributed by atoms with E-state index in [1.807, 2.05) is 30.3 Å². The monoisotopic (exact) mass is 630 g/mol. The molecule has 0 aromatic heterocycles. The fraction of sp³-hybridized carbons (Fsp3) is 0.0385. The number of hydrogen-bond acceptors (Lipinski definition) is 1. The van der Waals surface area contributed by atoms with Crippen molar-refractivity contribution in [1.29, 1.82) is 0 Å². The van der Waals surface area contributed by atoms with Crippen LogP contribution in [0.1, 0.15) is 11.1 Å². The molecular weight excluding hydrogens is 613 g/mol. The molecule has 0 aliphatic carbocycles.